The van der Waals surface area contributed by atoms with Gasteiger partial charge in [0, 0.05) is 16.6 Å². The van der Waals surface area contributed by atoms with Crippen molar-refractivity contribution in [2.45, 2.75) is 13.5 Å². The minimum atomic E-state index is -0.497. The first kappa shape index (κ1) is 17.5. The number of hydrogen-bond donors (Lipinski definition) is 3. The Bertz CT molecular complexity index is 1120. The van der Waals surface area contributed by atoms with Crippen molar-refractivity contribution in [3.63, 3.8) is 0 Å². The SMILES string of the molecule is Cc1ccccc1Nc1nc(N)nc(COC(=O)c2cc3ccccc3[nH]2)n1. The van der Waals surface area contributed by atoms with Crippen LogP contribution in [0.3, 0.4) is 0 Å². The summed E-state index contributed by atoms with van der Waals surface area (Å²) in [6, 6.07) is 17.1. The van der Waals surface area contributed by atoms with Crippen LogP contribution in [0.4, 0.5) is 17.6 Å². The Morgan fingerprint density at radius 2 is 1.89 bits per heavy atom. The van der Waals surface area contributed by atoms with E-state index in [1.807, 2.05) is 55.5 Å². The molecular formula is C20H18N6O2. The second-order valence-electron chi connectivity index (χ2n) is 6.22. The second kappa shape index (κ2) is 7.36. The number of aryl methyl sites for hydroxylation is 1. The number of H-pyrrole nitrogens is 1. The number of ether oxygens (including phenoxy) is 1. The smallest absolute Gasteiger partial charge is 0.355 e. The van der Waals surface area contributed by atoms with Gasteiger partial charge in [-0.2, -0.15) is 15.0 Å². The highest BCUT2D eigenvalue weighted by Crippen LogP contribution is 2.18. The lowest BCUT2D eigenvalue weighted by Gasteiger charge is -2.09. The molecule has 0 aliphatic carbocycles. The molecule has 0 atom stereocenters. The largest absolute Gasteiger partial charge is 0.453 e. The number of esters is 1. The van der Waals surface area contributed by atoms with E-state index in [4.69, 9.17) is 10.5 Å². The summed E-state index contributed by atoms with van der Waals surface area (Å²) in [5, 5.41) is 4.04. The summed E-state index contributed by atoms with van der Waals surface area (Å²) in [5.74, 6) is 0.0952. The van der Waals surface area contributed by atoms with Crippen molar-refractivity contribution in [3.05, 3.63) is 71.7 Å². The summed E-state index contributed by atoms with van der Waals surface area (Å²) >= 11 is 0. The van der Waals surface area contributed by atoms with E-state index in [0.717, 1.165) is 22.2 Å². The van der Waals surface area contributed by atoms with Crippen molar-refractivity contribution in [2.24, 2.45) is 0 Å². The van der Waals surface area contributed by atoms with Crippen LogP contribution in [0.2, 0.25) is 0 Å². The van der Waals surface area contributed by atoms with Crippen LogP contribution in [-0.2, 0) is 11.3 Å². The first-order valence-electron chi connectivity index (χ1n) is 8.66. The van der Waals surface area contributed by atoms with E-state index in [1.54, 1.807) is 6.07 Å². The maximum atomic E-state index is 12.3. The summed E-state index contributed by atoms with van der Waals surface area (Å²) in [4.78, 5) is 27.7. The highest BCUT2D eigenvalue weighted by atomic mass is 16.5. The van der Waals surface area contributed by atoms with Crippen LogP contribution < -0.4 is 11.1 Å². The molecule has 8 heteroatoms. The quantitative estimate of drug-likeness (QED) is 0.458. The van der Waals surface area contributed by atoms with Gasteiger partial charge in [0.2, 0.25) is 11.9 Å². The number of nitrogen functional groups attached to an aromatic ring is 1. The van der Waals surface area contributed by atoms with Gasteiger partial charge in [-0.15, -0.1) is 0 Å². The molecule has 2 heterocycles. The highest BCUT2D eigenvalue weighted by Gasteiger charge is 2.13. The van der Waals surface area contributed by atoms with Crippen molar-refractivity contribution < 1.29 is 9.53 Å². The molecule has 2 aromatic carbocycles. The van der Waals surface area contributed by atoms with Gasteiger partial charge in [-0.3, -0.25) is 0 Å². The van der Waals surface area contributed by atoms with Crippen LogP contribution in [-0.4, -0.2) is 25.9 Å². The average molecular weight is 374 g/mol. The molecule has 4 rings (SSSR count). The normalized spacial score (nSPS) is 10.8. The van der Waals surface area contributed by atoms with E-state index in [2.05, 4.69) is 25.3 Å². The van der Waals surface area contributed by atoms with Gasteiger partial charge in [0.25, 0.3) is 0 Å². The Morgan fingerprint density at radius 1 is 1.11 bits per heavy atom. The Morgan fingerprint density at radius 3 is 2.71 bits per heavy atom. The summed E-state index contributed by atoms with van der Waals surface area (Å²) in [7, 11) is 0. The van der Waals surface area contributed by atoms with Gasteiger partial charge < -0.3 is 20.8 Å². The number of nitrogens with zero attached hydrogens (tertiary/aromatic N) is 3. The van der Waals surface area contributed by atoms with Gasteiger partial charge in [-0.05, 0) is 30.7 Å². The van der Waals surface area contributed by atoms with Crippen LogP contribution in [0.5, 0.6) is 0 Å². The third-order valence-electron chi connectivity index (χ3n) is 4.17. The van der Waals surface area contributed by atoms with Crippen LogP contribution in [0.15, 0.2) is 54.6 Å². The van der Waals surface area contributed by atoms with Crippen molar-refractivity contribution >= 4 is 34.5 Å². The molecule has 4 aromatic rings. The molecule has 0 fully saturated rings. The number of carbonyl (C=O) groups is 1. The number of rotatable bonds is 5. The zero-order valence-corrected chi connectivity index (χ0v) is 15.1. The van der Waals surface area contributed by atoms with Crippen molar-refractivity contribution in [1.29, 1.82) is 0 Å². The van der Waals surface area contributed by atoms with Gasteiger partial charge in [0.15, 0.2) is 12.4 Å². The first-order chi connectivity index (χ1) is 13.6. The molecule has 0 unspecified atom stereocenters. The Labute approximate surface area is 160 Å². The lowest BCUT2D eigenvalue weighted by molar-refractivity contribution is 0.0456. The molecule has 0 amide bonds. The number of carbonyl (C=O) groups excluding carboxylic acids is 1. The van der Waals surface area contributed by atoms with Crippen molar-refractivity contribution in [3.8, 4) is 0 Å². The van der Waals surface area contributed by atoms with Crippen LogP contribution in [0.1, 0.15) is 21.9 Å². The molecule has 0 saturated carbocycles. The molecule has 8 nitrogen and oxygen atoms in total. The molecule has 0 saturated heterocycles. The third kappa shape index (κ3) is 3.75. The molecule has 0 bridgehead atoms. The highest BCUT2D eigenvalue weighted by molar-refractivity contribution is 5.94. The average Bonchev–Trinajstić information content (AvgIpc) is 3.12. The Kier molecular flexibility index (Phi) is 4.59. The van der Waals surface area contributed by atoms with Crippen molar-refractivity contribution in [2.75, 3.05) is 11.1 Å². The van der Waals surface area contributed by atoms with E-state index < -0.39 is 5.97 Å². The molecule has 2 aromatic heterocycles. The lowest BCUT2D eigenvalue weighted by Crippen LogP contribution is -2.11. The maximum Gasteiger partial charge on any atom is 0.355 e. The molecule has 0 aliphatic heterocycles. The molecule has 0 aliphatic rings. The van der Waals surface area contributed by atoms with E-state index in [0.29, 0.717) is 11.6 Å². The molecular weight excluding hydrogens is 356 g/mol. The summed E-state index contributed by atoms with van der Waals surface area (Å²) < 4.78 is 5.32. The maximum absolute atomic E-state index is 12.3. The van der Waals surface area contributed by atoms with Crippen LogP contribution in [0.25, 0.3) is 10.9 Å². The first-order valence-corrected chi connectivity index (χ1v) is 8.66. The predicted octanol–water partition coefficient (Wildman–Crippen LogP) is 3.34. The monoisotopic (exact) mass is 374 g/mol. The van der Waals surface area contributed by atoms with Crippen molar-refractivity contribution in [1.82, 2.24) is 19.9 Å². The molecule has 0 spiro atoms. The van der Waals surface area contributed by atoms with E-state index >= 15 is 0 Å². The molecule has 0 radical (unpaired) electrons. The number of nitrogens with two attached hydrogens (primary N) is 1. The van der Waals surface area contributed by atoms with E-state index in [-0.39, 0.29) is 18.4 Å². The molecule has 28 heavy (non-hydrogen) atoms. The Balaban J connectivity index is 1.48. The zero-order chi connectivity index (χ0) is 19.5. The standard InChI is InChI=1S/C20H18N6O2/c1-12-6-2-4-8-14(12)23-20-25-17(24-19(21)26-20)11-28-18(27)16-10-13-7-3-5-9-15(13)22-16/h2-10,22H,11H2,1H3,(H3,21,23,24,25,26). The number of aromatic amines is 1. The summed E-state index contributed by atoms with van der Waals surface area (Å²) in [5.41, 5.74) is 8.89. The van der Waals surface area contributed by atoms with Gasteiger partial charge in [-0.1, -0.05) is 36.4 Å². The molecule has 4 N–H and O–H groups in total. The number of hydrogen-bond acceptors (Lipinski definition) is 7. The number of benzene rings is 2. The number of aromatic nitrogens is 4. The van der Waals surface area contributed by atoms with E-state index in [9.17, 15) is 4.79 Å². The van der Waals surface area contributed by atoms with Crippen LogP contribution in [0, 0.1) is 6.92 Å². The lowest BCUT2D eigenvalue weighted by atomic mass is 10.2. The minimum absolute atomic E-state index is 0.0442. The number of fused-ring (bicyclic) bond motifs is 1. The van der Waals surface area contributed by atoms with Gasteiger partial charge in [0.05, 0.1) is 0 Å². The summed E-state index contributed by atoms with van der Waals surface area (Å²) in [6.07, 6.45) is 0. The Hall–Kier alpha value is -3.94. The van der Waals surface area contributed by atoms with Gasteiger partial charge >= 0.3 is 5.97 Å². The predicted molar refractivity (Wildman–Crippen MR) is 106 cm³/mol. The third-order valence-corrected chi connectivity index (χ3v) is 4.17. The summed E-state index contributed by atoms with van der Waals surface area (Å²) in [6.45, 7) is 1.85. The van der Waals surface area contributed by atoms with Gasteiger partial charge in [-0.25, -0.2) is 4.79 Å². The minimum Gasteiger partial charge on any atom is -0.453 e. The fourth-order valence-electron chi connectivity index (χ4n) is 2.78. The number of para-hydroxylation sites is 2. The second-order valence-corrected chi connectivity index (χ2v) is 6.22. The van der Waals surface area contributed by atoms with E-state index in [1.165, 1.54) is 0 Å². The zero-order valence-electron chi connectivity index (χ0n) is 15.1. The fourth-order valence-corrected chi connectivity index (χ4v) is 2.78. The molecule has 140 valence electrons. The van der Waals surface area contributed by atoms with Gasteiger partial charge in [0.1, 0.15) is 5.69 Å². The topological polar surface area (TPSA) is 119 Å². The number of anilines is 3. The fraction of sp³-hybridized carbons (Fsp3) is 0.100. The van der Waals surface area contributed by atoms with Crippen LogP contribution >= 0.6 is 0 Å². The number of nitrogens with one attached hydrogen (secondary N) is 2.